The number of likely N-dealkylation sites (tertiary alicyclic amines) is 1. The predicted molar refractivity (Wildman–Crippen MR) is 132 cm³/mol. The molecule has 29 heavy (non-hydrogen) atoms. The third-order valence-corrected chi connectivity index (χ3v) is 5.54. The molecule has 1 rings (SSSR count). The number of halogens is 1. The van der Waals surface area contributed by atoms with Crippen LogP contribution >= 0.6 is 24.0 Å². The van der Waals surface area contributed by atoms with Crippen LogP contribution in [-0.4, -0.2) is 66.9 Å². The van der Waals surface area contributed by atoms with Crippen molar-refractivity contribution < 1.29 is 9.53 Å². The minimum Gasteiger partial charge on any atom is -0.444 e. The quantitative estimate of drug-likeness (QED) is 0.268. The van der Waals surface area contributed by atoms with Gasteiger partial charge in [-0.15, -0.1) is 24.0 Å². The Bertz CT molecular complexity index is 508. The first kappa shape index (κ1) is 28.2. The molecule has 0 atom stereocenters. The van der Waals surface area contributed by atoms with Crippen LogP contribution in [0, 0.1) is 0 Å². The maximum Gasteiger partial charge on any atom is 0.408 e. The van der Waals surface area contributed by atoms with Gasteiger partial charge in [0.25, 0.3) is 0 Å². The first-order valence-corrected chi connectivity index (χ1v) is 10.8. The first-order chi connectivity index (χ1) is 13.0. The fraction of sp³-hybridized carbons (Fsp3) is 0.905. The van der Waals surface area contributed by atoms with Gasteiger partial charge in [-0.1, -0.05) is 13.8 Å². The van der Waals surface area contributed by atoms with Gasteiger partial charge in [-0.2, -0.15) is 0 Å². The van der Waals surface area contributed by atoms with Gasteiger partial charge in [0.1, 0.15) is 5.60 Å². The summed E-state index contributed by atoms with van der Waals surface area (Å²) in [5.41, 5.74) is -0.881. The average molecular weight is 526 g/mol. The second-order valence-corrected chi connectivity index (χ2v) is 9.09. The number of hydrogen-bond acceptors (Lipinski definition) is 4. The highest BCUT2D eigenvalue weighted by Gasteiger charge is 2.31. The zero-order valence-corrected chi connectivity index (χ0v) is 22.1. The lowest BCUT2D eigenvalue weighted by atomic mass is 9.93. The summed E-state index contributed by atoms with van der Waals surface area (Å²) in [6.07, 6.45) is 3.46. The van der Waals surface area contributed by atoms with Gasteiger partial charge in [0, 0.05) is 38.8 Å². The number of aliphatic imine (C=N–C) groups is 1. The number of carbonyl (C=O) groups is 1. The number of piperidine rings is 1. The van der Waals surface area contributed by atoms with Crippen LogP contribution < -0.4 is 16.0 Å². The molecule has 1 saturated heterocycles. The van der Waals surface area contributed by atoms with Gasteiger partial charge in [0.15, 0.2) is 5.96 Å². The Kier molecular flexibility index (Phi) is 12.5. The summed E-state index contributed by atoms with van der Waals surface area (Å²) in [6, 6.07) is 1.03. The summed E-state index contributed by atoms with van der Waals surface area (Å²) in [4.78, 5) is 19.2. The molecule has 0 saturated carbocycles. The van der Waals surface area contributed by atoms with Crippen LogP contribution in [0.1, 0.15) is 74.1 Å². The average Bonchev–Trinajstić information content (AvgIpc) is 2.62. The predicted octanol–water partition coefficient (Wildman–Crippen LogP) is 3.73. The molecule has 0 unspecified atom stereocenters. The Morgan fingerprint density at radius 3 is 2.14 bits per heavy atom. The van der Waals surface area contributed by atoms with Gasteiger partial charge in [-0.3, -0.25) is 4.99 Å². The molecule has 0 spiro atoms. The first-order valence-electron chi connectivity index (χ1n) is 10.8. The van der Waals surface area contributed by atoms with E-state index in [1.165, 1.54) is 0 Å². The van der Waals surface area contributed by atoms with Gasteiger partial charge in [0.2, 0.25) is 0 Å². The Morgan fingerprint density at radius 1 is 1.17 bits per heavy atom. The number of nitrogens with zero attached hydrogens (tertiary/aromatic N) is 2. The molecule has 7 nitrogen and oxygen atoms in total. The normalized spacial score (nSPS) is 16.9. The van der Waals surface area contributed by atoms with Gasteiger partial charge < -0.3 is 25.6 Å². The van der Waals surface area contributed by atoms with E-state index < -0.39 is 5.60 Å². The Morgan fingerprint density at radius 2 is 1.72 bits per heavy atom. The van der Waals surface area contributed by atoms with Crippen LogP contribution in [0.2, 0.25) is 0 Å². The van der Waals surface area contributed by atoms with Crippen LogP contribution in [0.15, 0.2) is 4.99 Å². The maximum absolute atomic E-state index is 12.3. The maximum atomic E-state index is 12.3. The molecule has 0 radical (unpaired) electrons. The van der Waals surface area contributed by atoms with Crippen LogP contribution in [0.25, 0.3) is 0 Å². The fourth-order valence-electron chi connectivity index (χ4n) is 3.44. The zero-order valence-electron chi connectivity index (χ0n) is 19.7. The summed E-state index contributed by atoms with van der Waals surface area (Å²) in [6.45, 7) is 17.1. The van der Waals surface area contributed by atoms with Gasteiger partial charge in [-0.05, 0) is 60.3 Å². The van der Waals surface area contributed by atoms with Crippen LogP contribution in [-0.2, 0) is 4.74 Å². The number of amides is 1. The van der Waals surface area contributed by atoms with Gasteiger partial charge in [-0.25, -0.2) is 4.79 Å². The summed E-state index contributed by atoms with van der Waals surface area (Å²) >= 11 is 0. The lowest BCUT2D eigenvalue weighted by molar-refractivity contribution is 0.0448. The summed E-state index contributed by atoms with van der Waals surface area (Å²) in [7, 11) is 1.79. The van der Waals surface area contributed by atoms with E-state index in [-0.39, 0.29) is 35.6 Å². The fourth-order valence-corrected chi connectivity index (χ4v) is 3.44. The molecule has 1 amide bonds. The summed E-state index contributed by atoms with van der Waals surface area (Å²) in [5, 5.41) is 10.0. The summed E-state index contributed by atoms with van der Waals surface area (Å²) < 4.78 is 5.45. The minimum absolute atomic E-state index is 0. The molecule has 0 bridgehead atoms. The van der Waals surface area contributed by atoms with E-state index in [4.69, 9.17) is 4.74 Å². The van der Waals surface area contributed by atoms with Gasteiger partial charge in [0.05, 0.1) is 5.54 Å². The van der Waals surface area contributed by atoms with Crippen molar-refractivity contribution in [2.24, 2.45) is 4.99 Å². The van der Waals surface area contributed by atoms with Crippen molar-refractivity contribution in [1.82, 2.24) is 20.9 Å². The highest BCUT2D eigenvalue weighted by Crippen LogP contribution is 2.17. The van der Waals surface area contributed by atoms with Crippen LogP contribution in [0.4, 0.5) is 4.79 Å². The largest absolute Gasteiger partial charge is 0.444 e. The van der Waals surface area contributed by atoms with Gasteiger partial charge >= 0.3 is 6.09 Å². The smallest absolute Gasteiger partial charge is 0.408 e. The molecule has 8 heteroatoms. The van der Waals surface area contributed by atoms with E-state index in [9.17, 15) is 4.79 Å². The molecule has 0 aliphatic carbocycles. The van der Waals surface area contributed by atoms with Crippen molar-refractivity contribution in [2.45, 2.75) is 97.4 Å². The molecule has 0 aromatic rings. The van der Waals surface area contributed by atoms with Crippen LogP contribution in [0.5, 0.6) is 0 Å². The van der Waals surface area contributed by atoms with E-state index >= 15 is 0 Å². The van der Waals surface area contributed by atoms with Crippen molar-refractivity contribution in [1.29, 1.82) is 0 Å². The molecule has 172 valence electrons. The number of hydrogen-bond donors (Lipinski definition) is 3. The minimum atomic E-state index is -0.507. The third kappa shape index (κ3) is 10.2. The molecule has 3 N–H and O–H groups in total. The molecule has 1 fully saturated rings. The Labute approximate surface area is 195 Å². The summed E-state index contributed by atoms with van der Waals surface area (Å²) in [5.74, 6) is 0.792. The van der Waals surface area contributed by atoms with Crippen LogP contribution in [0.3, 0.4) is 0 Å². The molecule has 1 aliphatic heterocycles. The number of ether oxygens (including phenoxy) is 1. The number of rotatable bonds is 7. The van der Waals surface area contributed by atoms with E-state index in [0.717, 1.165) is 44.7 Å². The Hall–Kier alpha value is -0.770. The molecular weight excluding hydrogens is 481 g/mol. The SMILES string of the molecule is CCC(CC)(CNC(=NC)NC1CCN(C(C)C)CC1)NC(=O)OC(C)(C)C.I. The number of guanidine groups is 1. The van der Waals surface area contributed by atoms with Crippen molar-refractivity contribution in [3.8, 4) is 0 Å². The Balaban J connectivity index is 0.00000784. The molecule has 0 aromatic carbocycles. The van der Waals surface area contributed by atoms with E-state index in [1.807, 2.05) is 20.8 Å². The standard InChI is InChI=1S/C21H43N5O2.HI/c1-9-21(10-2,25-19(27)28-20(5,6)7)15-23-18(22-8)24-17-11-13-26(14-12-17)16(3)4;/h16-17H,9-15H2,1-8H3,(H,25,27)(H2,22,23,24);1H. The van der Waals surface area contributed by atoms with Crippen molar-refractivity contribution in [2.75, 3.05) is 26.7 Å². The second-order valence-electron chi connectivity index (χ2n) is 9.09. The van der Waals surface area contributed by atoms with E-state index in [2.05, 4.69) is 53.5 Å². The lowest BCUT2D eigenvalue weighted by Gasteiger charge is -2.37. The topological polar surface area (TPSA) is 78.0 Å². The number of carbonyl (C=O) groups excluding carboxylic acids is 1. The molecule has 1 heterocycles. The van der Waals surface area contributed by atoms with E-state index in [0.29, 0.717) is 18.6 Å². The van der Waals surface area contributed by atoms with Crippen molar-refractivity contribution in [3.63, 3.8) is 0 Å². The number of nitrogens with one attached hydrogen (secondary N) is 3. The highest BCUT2D eigenvalue weighted by atomic mass is 127. The zero-order chi connectivity index (χ0) is 21.4. The molecular formula is C21H44IN5O2. The monoisotopic (exact) mass is 525 g/mol. The van der Waals surface area contributed by atoms with Crippen molar-refractivity contribution in [3.05, 3.63) is 0 Å². The lowest BCUT2D eigenvalue weighted by Crippen LogP contribution is -2.58. The highest BCUT2D eigenvalue weighted by molar-refractivity contribution is 14.0. The van der Waals surface area contributed by atoms with Crippen molar-refractivity contribution >= 4 is 36.0 Å². The van der Waals surface area contributed by atoms with E-state index in [1.54, 1.807) is 7.05 Å². The molecule has 0 aromatic heterocycles. The third-order valence-electron chi connectivity index (χ3n) is 5.54. The molecule has 1 aliphatic rings. The number of alkyl carbamates (subject to hydrolysis) is 1. The second kappa shape index (κ2) is 12.8.